The molecule has 0 unspecified atom stereocenters. The van der Waals surface area contributed by atoms with Gasteiger partial charge >= 0.3 is 0 Å². The Morgan fingerprint density at radius 2 is 2.10 bits per heavy atom. The Hall–Kier alpha value is -1.70. The smallest absolute Gasteiger partial charge is 0.180 e. The monoisotopic (exact) mass is 351 g/mol. The number of halogens is 2. The molecule has 0 spiro atoms. The molecule has 5 heteroatoms. The fraction of sp³-hybridized carbons (Fsp3) is 0.133. The number of benzene rings is 2. The highest BCUT2D eigenvalue weighted by molar-refractivity contribution is 9.10. The Morgan fingerprint density at radius 3 is 2.75 bits per heavy atom. The van der Waals surface area contributed by atoms with E-state index >= 15 is 0 Å². The highest BCUT2D eigenvalue weighted by Gasteiger charge is 2.12. The molecule has 2 aromatic carbocycles. The number of ether oxygens (including phenoxy) is 2. The Balaban J connectivity index is 2.23. The summed E-state index contributed by atoms with van der Waals surface area (Å²) in [6.07, 6.45) is 0. The molecule has 0 atom stereocenters. The van der Waals surface area contributed by atoms with Crippen LogP contribution in [0.3, 0.4) is 0 Å². The summed E-state index contributed by atoms with van der Waals surface area (Å²) in [6.45, 7) is 0.363. The van der Waals surface area contributed by atoms with E-state index in [1.165, 1.54) is 7.11 Å². The van der Waals surface area contributed by atoms with Crippen molar-refractivity contribution in [3.8, 4) is 17.6 Å². The minimum atomic E-state index is 0.357. The first kappa shape index (κ1) is 14.7. The normalized spacial score (nSPS) is 9.90. The van der Waals surface area contributed by atoms with Gasteiger partial charge in [0.2, 0.25) is 0 Å². The minimum absolute atomic E-state index is 0.357. The minimum Gasteiger partial charge on any atom is -0.493 e. The Labute approximate surface area is 130 Å². The Morgan fingerprint density at radius 1 is 1.30 bits per heavy atom. The first-order valence-corrected chi connectivity index (χ1v) is 6.96. The molecular weight excluding hydrogens is 342 g/mol. The maximum absolute atomic E-state index is 8.90. The molecule has 0 aliphatic carbocycles. The molecule has 20 heavy (non-hydrogen) atoms. The predicted molar refractivity (Wildman–Crippen MR) is 81.2 cm³/mol. The Kier molecular flexibility index (Phi) is 4.89. The molecule has 0 N–H and O–H groups in total. The molecule has 2 rings (SSSR count). The van der Waals surface area contributed by atoms with Crippen molar-refractivity contribution in [1.29, 1.82) is 5.26 Å². The molecule has 0 saturated heterocycles. The molecular formula is C15H11BrClNO2. The van der Waals surface area contributed by atoms with Gasteiger partial charge in [-0.05, 0) is 23.8 Å². The lowest BCUT2D eigenvalue weighted by Gasteiger charge is -2.13. The number of nitrogens with zero attached hydrogens (tertiary/aromatic N) is 1. The summed E-state index contributed by atoms with van der Waals surface area (Å²) < 4.78 is 11.9. The van der Waals surface area contributed by atoms with Gasteiger partial charge in [0.25, 0.3) is 0 Å². The topological polar surface area (TPSA) is 42.2 Å². The maximum Gasteiger partial charge on any atom is 0.180 e. The van der Waals surface area contributed by atoms with Crippen LogP contribution in [0.4, 0.5) is 0 Å². The predicted octanol–water partition coefficient (Wildman–Crippen LogP) is 4.56. The quantitative estimate of drug-likeness (QED) is 0.810. The SMILES string of the molecule is COc1cc(C#N)cc(Cl)c1OCc1cccc(Br)c1. The van der Waals surface area contributed by atoms with Crippen LogP contribution in [0.15, 0.2) is 40.9 Å². The van der Waals surface area contributed by atoms with Gasteiger partial charge in [-0.25, -0.2) is 0 Å². The molecule has 0 bridgehead atoms. The third kappa shape index (κ3) is 3.44. The summed E-state index contributed by atoms with van der Waals surface area (Å²) >= 11 is 9.53. The van der Waals surface area contributed by atoms with E-state index in [0.29, 0.717) is 28.7 Å². The van der Waals surface area contributed by atoms with Gasteiger partial charge in [0.05, 0.1) is 23.8 Å². The zero-order valence-electron chi connectivity index (χ0n) is 10.7. The van der Waals surface area contributed by atoms with Gasteiger partial charge < -0.3 is 9.47 Å². The largest absolute Gasteiger partial charge is 0.493 e. The van der Waals surface area contributed by atoms with Crippen molar-refractivity contribution in [2.45, 2.75) is 6.61 Å². The van der Waals surface area contributed by atoms with Crippen LogP contribution < -0.4 is 9.47 Å². The summed E-state index contributed by atoms with van der Waals surface area (Å²) in [4.78, 5) is 0. The molecule has 2 aromatic rings. The molecule has 0 heterocycles. The molecule has 0 aliphatic rings. The number of methoxy groups -OCH3 is 1. The molecule has 0 saturated carbocycles. The lowest BCUT2D eigenvalue weighted by Crippen LogP contribution is -1.99. The van der Waals surface area contributed by atoms with Gasteiger partial charge in [-0.1, -0.05) is 39.7 Å². The third-order valence-electron chi connectivity index (χ3n) is 2.63. The first-order valence-electron chi connectivity index (χ1n) is 5.79. The van der Waals surface area contributed by atoms with Crippen LogP contribution in [0.25, 0.3) is 0 Å². The second-order valence-electron chi connectivity index (χ2n) is 4.02. The van der Waals surface area contributed by atoms with Crippen LogP contribution in [0.1, 0.15) is 11.1 Å². The van der Waals surface area contributed by atoms with Crippen molar-refractivity contribution >= 4 is 27.5 Å². The summed E-state index contributed by atoms with van der Waals surface area (Å²) in [5, 5.41) is 9.26. The van der Waals surface area contributed by atoms with Gasteiger partial charge in [-0.2, -0.15) is 5.26 Å². The summed E-state index contributed by atoms with van der Waals surface area (Å²) in [5.74, 6) is 0.886. The van der Waals surface area contributed by atoms with Crippen LogP contribution in [0.5, 0.6) is 11.5 Å². The molecule has 0 aliphatic heterocycles. The van der Waals surface area contributed by atoms with E-state index in [2.05, 4.69) is 15.9 Å². The van der Waals surface area contributed by atoms with Crippen molar-refractivity contribution in [1.82, 2.24) is 0 Å². The fourth-order valence-electron chi connectivity index (χ4n) is 1.71. The highest BCUT2D eigenvalue weighted by Crippen LogP contribution is 2.36. The molecule has 0 aromatic heterocycles. The van der Waals surface area contributed by atoms with Crippen molar-refractivity contribution < 1.29 is 9.47 Å². The van der Waals surface area contributed by atoms with Crippen LogP contribution in [0.2, 0.25) is 5.02 Å². The number of rotatable bonds is 4. The second kappa shape index (κ2) is 6.65. The molecule has 102 valence electrons. The number of nitriles is 1. The average molecular weight is 353 g/mol. The van der Waals surface area contributed by atoms with Crippen LogP contribution in [0, 0.1) is 11.3 Å². The van der Waals surface area contributed by atoms with Gasteiger partial charge in [0.1, 0.15) is 6.61 Å². The highest BCUT2D eigenvalue weighted by atomic mass is 79.9. The van der Waals surface area contributed by atoms with E-state index in [1.807, 2.05) is 30.3 Å². The lowest BCUT2D eigenvalue weighted by atomic mass is 10.2. The van der Waals surface area contributed by atoms with E-state index in [-0.39, 0.29) is 0 Å². The van der Waals surface area contributed by atoms with Crippen LogP contribution in [-0.2, 0) is 6.61 Å². The van der Waals surface area contributed by atoms with Gasteiger partial charge in [-0.15, -0.1) is 0 Å². The Bertz CT molecular complexity index is 667. The summed E-state index contributed by atoms with van der Waals surface area (Å²) in [6, 6.07) is 13.0. The second-order valence-corrected chi connectivity index (χ2v) is 5.34. The zero-order chi connectivity index (χ0) is 14.5. The lowest BCUT2D eigenvalue weighted by molar-refractivity contribution is 0.284. The standard InChI is InChI=1S/C15H11BrClNO2/c1-19-14-7-11(8-18)6-13(17)15(14)20-9-10-3-2-4-12(16)5-10/h2-7H,9H2,1H3. The first-order chi connectivity index (χ1) is 9.63. The zero-order valence-corrected chi connectivity index (χ0v) is 13.0. The van der Waals surface area contributed by atoms with Crippen LogP contribution in [-0.4, -0.2) is 7.11 Å². The van der Waals surface area contributed by atoms with Gasteiger partial charge in [-0.3, -0.25) is 0 Å². The van der Waals surface area contributed by atoms with Gasteiger partial charge in [0, 0.05) is 10.5 Å². The van der Waals surface area contributed by atoms with E-state index < -0.39 is 0 Å². The molecule has 0 fully saturated rings. The number of hydrogen-bond acceptors (Lipinski definition) is 3. The van der Waals surface area contributed by atoms with E-state index in [1.54, 1.807) is 12.1 Å². The molecule has 0 radical (unpaired) electrons. The molecule has 3 nitrogen and oxygen atoms in total. The summed E-state index contributed by atoms with van der Waals surface area (Å²) in [7, 11) is 1.51. The van der Waals surface area contributed by atoms with E-state index in [4.69, 9.17) is 26.3 Å². The van der Waals surface area contributed by atoms with Crippen molar-refractivity contribution in [3.05, 3.63) is 57.0 Å². The number of hydrogen-bond donors (Lipinski definition) is 0. The van der Waals surface area contributed by atoms with E-state index in [9.17, 15) is 0 Å². The molecule has 0 amide bonds. The van der Waals surface area contributed by atoms with Crippen LogP contribution >= 0.6 is 27.5 Å². The van der Waals surface area contributed by atoms with Gasteiger partial charge in [0.15, 0.2) is 11.5 Å². The van der Waals surface area contributed by atoms with Crippen molar-refractivity contribution in [2.24, 2.45) is 0 Å². The van der Waals surface area contributed by atoms with Crippen molar-refractivity contribution in [2.75, 3.05) is 7.11 Å². The third-order valence-corrected chi connectivity index (χ3v) is 3.40. The summed E-state index contributed by atoms with van der Waals surface area (Å²) in [5.41, 5.74) is 1.43. The fourth-order valence-corrected chi connectivity index (χ4v) is 2.42. The van der Waals surface area contributed by atoms with E-state index in [0.717, 1.165) is 10.0 Å². The van der Waals surface area contributed by atoms with Crippen molar-refractivity contribution in [3.63, 3.8) is 0 Å². The average Bonchev–Trinajstić information content (AvgIpc) is 2.45. The maximum atomic E-state index is 8.90.